The molecule has 27 heavy (non-hydrogen) atoms. The third-order valence-corrected chi connectivity index (χ3v) is 6.33. The predicted octanol–water partition coefficient (Wildman–Crippen LogP) is 4.59. The third kappa shape index (κ3) is 4.23. The monoisotopic (exact) mass is 466 g/mol. The number of thiazole rings is 1. The molecule has 5 nitrogen and oxygen atoms in total. The van der Waals surface area contributed by atoms with Crippen LogP contribution in [-0.2, 0) is 6.54 Å². The number of halogens is 1. The van der Waals surface area contributed by atoms with E-state index < -0.39 is 0 Å². The van der Waals surface area contributed by atoms with Gasteiger partial charge in [-0.25, -0.2) is 0 Å². The van der Waals surface area contributed by atoms with Crippen molar-refractivity contribution in [2.75, 3.05) is 26.2 Å². The molecule has 0 bridgehead atoms. The summed E-state index contributed by atoms with van der Waals surface area (Å²) in [6.45, 7) is 0.749. The number of benzene rings is 2. The van der Waals surface area contributed by atoms with Gasteiger partial charge in [-0.2, -0.15) is 16.8 Å². The Hall–Kier alpha value is -1.77. The van der Waals surface area contributed by atoms with Crippen LogP contribution < -0.4 is 14.3 Å². The van der Waals surface area contributed by atoms with E-state index in [4.69, 9.17) is 9.47 Å². The van der Waals surface area contributed by atoms with E-state index in [1.807, 2.05) is 30.3 Å². The Labute approximate surface area is 174 Å². The third-order valence-electron chi connectivity index (χ3n) is 4.01. The summed E-state index contributed by atoms with van der Waals surface area (Å²) in [6.07, 6.45) is 2.06. The summed E-state index contributed by atoms with van der Waals surface area (Å²) >= 11 is 6.64. The standard InChI is InChI=1S/C19H19BrN2O3S2/c1-24-15-10-14-17(11-16(15)25-2)27-19(22(14)8-9-26-3)21-18(23)12-6-4-5-7-13(12)20/h4-7,10-11H,8-9H2,1-3H3. The minimum absolute atomic E-state index is 0.272. The Morgan fingerprint density at radius 1 is 1.22 bits per heavy atom. The highest BCUT2D eigenvalue weighted by Crippen LogP contribution is 2.33. The summed E-state index contributed by atoms with van der Waals surface area (Å²) in [7, 11) is 3.23. The van der Waals surface area contributed by atoms with Gasteiger partial charge in [0.1, 0.15) is 0 Å². The van der Waals surface area contributed by atoms with Crippen molar-refractivity contribution in [3.8, 4) is 11.5 Å². The minimum atomic E-state index is -0.272. The van der Waals surface area contributed by atoms with Gasteiger partial charge < -0.3 is 14.0 Å². The smallest absolute Gasteiger partial charge is 0.280 e. The van der Waals surface area contributed by atoms with Crippen LogP contribution in [0.15, 0.2) is 45.9 Å². The summed E-state index contributed by atoms with van der Waals surface area (Å²) < 4.78 is 14.6. The van der Waals surface area contributed by atoms with Crippen LogP contribution in [0.25, 0.3) is 10.2 Å². The van der Waals surface area contributed by atoms with E-state index in [0.29, 0.717) is 21.9 Å². The molecule has 0 N–H and O–H groups in total. The second-order valence-electron chi connectivity index (χ2n) is 5.60. The average molecular weight is 467 g/mol. The molecule has 2 aromatic carbocycles. The molecule has 1 aromatic heterocycles. The first-order chi connectivity index (χ1) is 13.1. The Kier molecular flexibility index (Phi) is 6.62. The van der Waals surface area contributed by atoms with Gasteiger partial charge in [-0.05, 0) is 34.3 Å². The Morgan fingerprint density at radius 2 is 1.93 bits per heavy atom. The lowest BCUT2D eigenvalue weighted by atomic mass is 10.2. The lowest BCUT2D eigenvalue weighted by Gasteiger charge is -2.09. The highest BCUT2D eigenvalue weighted by molar-refractivity contribution is 9.10. The number of thioether (sulfide) groups is 1. The number of rotatable bonds is 6. The second-order valence-corrected chi connectivity index (χ2v) is 8.45. The largest absolute Gasteiger partial charge is 0.493 e. The average Bonchev–Trinajstić information content (AvgIpc) is 3.01. The molecule has 0 saturated heterocycles. The molecule has 0 unspecified atom stereocenters. The molecule has 0 atom stereocenters. The molecular formula is C19H19BrN2O3S2. The van der Waals surface area contributed by atoms with Crippen molar-refractivity contribution >= 4 is 55.2 Å². The lowest BCUT2D eigenvalue weighted by molar-refractivity contribution is 0.0997. The van der Waals surface area contributed by atoms with Crippen LogP contribution in [0.4, 0.5) is 0 Å². The number of nitrogens with zero attached hydrogens (tertiary/aromatic N) is 2. The van der Waals surface area contributed by atoms with Gasteiger partial charge in [0.2, 0.25) is 0 Å². The van der Waals surface area contributed by atoms with Crippen molar-refractivity contribution in [2.45, 2.75) is 6.54 Å². The molecule has 0 saturated carbocycles. The van der Waals surface area contributed by atoms with Gasteiger partial charge in [-0.3, -0.25) is 4.79 Å². The molecule has 1 heterocycles. The molecular weight excluding hydrogens is 448 g/mol. The molecule has 8 heteroatoms. The van der Waals surface area contributed by atoms with Crippen LogP contribution >= 0.6 is 39.0 Å². The number of hydrogen-bond acceptors (Lipinski definition) is 5. The number of aromatic nitrogens is 1. The van der Waals surface area contributed by atoms with Crippen molar-refractivity contribution in [3.05, 3.63) is 51.2 Å². The number of hydrogen-bond donors (Lipinski definition) is 0. The number of carbonyl (C=O) groups excluding carboxylic acids is 1. The first-order valence-corrected chi connectivity index (χ1v) is 11.2. The molecule has 0 fully saturated rings. The summed E-state index contributed by atoms with van der Waals surface area (Å²) in [6, 6.07) is 11.2. The Bertz CT molecular complexity index is 1040. The van der Waals surface area contributed by atoms with Crippen molar-refractivity contribution < 1.29 is 14.3 Å². The zero-order chi connectivity index (χ0) is 19.4. The minimum Gasteiger partial charge on any atom is -0.493 e. The Balaban J connectivity index is 2.18. The SMILES string of the molecule is COc1cc2sc(=NC(=O)c3ccccc3Br)n(CCSC)c2cc1OC. The van der Waals surface area contributed by atoms with Crippen LogP contribution in [0.3, 0.4) is 0 Å². The van der Waals surface area contributed by atoms with Gasteiger partial charge in [0.15, 0.2) is 16.3 Å². The molecule has 3 aromatic rings. The Morgan fingerprint density at radius 3 is 2.59 bits per heavy atom. The zero-order valence-corrected chi connectivity index (χ0v) is 18.4. The summed E-state index contributed by atoms with van der Waals surface area (Å²) in [5, 5.41) is 0. The number of aryl methyl sites for hydroxylation is 1. The van der Waals surface area contributed by atoms with Crippen molar-refractivity contribution in [2.24, 2.45) is 4.99 Å². The van der Waals surface area contributed by atoms with E-state index in [-0.39, 0.29) is 5.91 Å². The number of amides is 1. The molecule has 142 valence electrons. The van der Waals surface area contributed by atoms with E-state index in [0.717, 1.165) is 27.0 Å². The molecule has 0 aliphatic heterocycles. The maximum absolute atomic E-state index is 12.7. The highest BCUT2D eigenvalue weighted by Gasteiger charge is 2.14. The van der Waals surface area contributed by atoms with Gasteiger partial charge in [-0.15, -0.1) is 0 Å². The van der Waals surface area contributed by atoms with E-state index in [9.17, 15) is 4.79 Å². The van der Waals surface area contributed by atoms with Crippen LogP contribution in [0, 0.1) is 0 Å². The number of ether oxygens (including phenoxy) is 2. The van der Waals surface area contributed by atoms with Gasteiger partial charge in [-0.1, -0.05) is 23.5 Å². The fraction of sp³-hybridized carbons (Fsp3) is 0.263. The zero-order valence-electron chi connectivity index (χ0n) is 15.2. The second kappa shape index (κ2) is 8.95. The molecule has 0 spiro atoms. The molecule has 0 aliphatic rings. The lowest BCUT2D eigenvalue weighted by Crippen LogP contribution is -2.18. The van der Waals surface area contributed by atoms with Gasteiger partial charge >= 0.3 is 0 Å². The highest BCUT2D eigenvalue weighted by atomic mass is 79.9. The van der Waals surface area contributed by atoms with Crippen LogP contribution in [0.1, 0.15) is 10.4 Å². The summed E-state index contributed by atoms with van der Waals surface area (Å²) in [5.41, 5.74) is 1.52. The summed E-state index contributed by atoms with van der Waals surface area (Å²) in [4.78, 5) is 17.8. The van der Waals surface area contributed by atoms with Crippen LogP contribution in [0.2, 0.25) is 0 Å². The van der Waals surface area contributed by atoms with Crippen LogP contribution in [0.5, 0.6) is 11.5 Å². The van der Waals surface area contributed by atoms with E-state index in [1.165, 1.54) is 11.3 Å². The number of carbonyl (C=O) groups is 1. The molecule has 0 aliphatic carbocycles. The maximum atomic E-state index is 12.7. The van der Waals surface area contributed by atoms with Crippen LogP contribution in [-0.4, -0.2) is 36.7 Å². The van der Waals surface area contributed by atoms with Crippen molar-refractivity contribution in [1.82, 2.24) is 4.57 Å². The molecule has 3 rings (SSSR count). The molecule has 0 radical (unpaired) electrons. The molecule has 1 amide bonds. The van der Waals surface area contributed by atoms with Crippen molar-refractivity contribution in [1.29, 1.82) is 0 Å². The van der Waals surface area contributed by atoms with E-state index in [2.05, 4.69) is 31.7 Å². The predicted molar refractivity (Wildman–Crippen MR) is 115 cm³/mol. The van der Waals surface area contributed by atoms with E-state index in [1.54, 1.807) is 32.0 Å². The van der Waals surface area contributed by atoms with Gasteiger partial charge in [0.05, 0.1) is 30.0 Å². The maximum Gasteiger partial charge on any atom is 0.280 e. The quantitative estimate of drug-likeness (QED) is 0.533. The summed E-state index contributed by atoms with van der Waals surface area (Å²) in [5.74, 6) is 1.96. The fourth-order valence-electron chi connectivity index (χ4n) is 2.66. The first kappa shape index (κ1) is 20.0. The normalized spacial score (nSPS) is 11.8. The van der Waals surface area contributed by atoms with Gasteiger partial charge in [0.25, 0.3) is 5.91 Å². The topological polar surface area (TPSA) is 52.8 Å². The fourth-order valence-corrected chi connectivity index (χ4v) is 4.55. The first-order valence-electron chi connectivity index (χ1n) is 8.17. The van der Waals surface area contributed by atoms with E-state index >= 15 is 0 Å². The van der Waals surface area contributed by atoms with Crippen molar-refractivity contribution in [3.63, 3.8) is 0 Å². The van der Waals surface area contributed by atoms with Gasteiger partial charge in [0, 0.05) is 28.9 Å². The number of methoxy groups -OCH3 is 2. The number of fused-ring (bicyclic) bond motifs is 1.